The molecule has 2 heterocycles. The topological polar surface area (TPSA) is 72.3 Å². The fourth-order valence-electron chi connectivity index (χ4n) is 4.67. The van der Waals surface area contributed by atoms with Crippen molar-refractivity contribution >= 4 is 5.91 Å². The second-order valence-corrected chi connectivity index (χ2v) is 7.91. The fraction of sp³-hybridized carbons (Fsp3) is 0.842. The molecule has 0 bridgehead atoms. The maximum absolute atomic E-state index is 13.6. The summed E-state index contributed by atoms with van der Waals surface area (Å²) in [5, 5.41) is 7.74. The highest BCUT2D eigenvalue weighted by Gasteiger charge is 2.47. The van der Waals surface area contributed by atoms with E-state index >= 15 is 0 Å². The molecule has 144 valence electrons. The van der Waals surface area contributed by atoms with Crippen LogP contribution in [-0.4, -0.2) is 57.4 Å². The molecule has 26 heavy (non-hydrogen) atoms. The van der Waals surface area contributed by atoms with E-state index in [0.717, 1.165) is 77.2 Å². The Morgan fingerprint density at radius 1 is 1.31 bits per heavy atom. The first-order valence-corrected chi connectivity index (χ1v) is 10.3. The lowest BCUT2D eigenvalue weighted by molar-refractivity contribution is -0.141. The Bertz CT molecular complexity index is 615. The van der Waals surface area contributed by atoms with E-state index in [-0.39, 0.29) is 17.5 Å². The van der Waals surface area contributed by atoms with E-state index in [2.05, 4.69) is 27.2 Å². The van der Waals surface area contributed by atoms with Crippen molar-refractivity contribution in [1.82, 2.24) is 25.0 Å². The molecule has 3 aliphatic rings. The normalized spacial score (nSPS) is 25.0. The summed E-state index contributed by atoms with van der Waals surface area (Å²) in [5.41, 5.74) is -0.369. The second kappa shape index (κ2) is 7.64. The van der Waals surface area contributed by atoms with Gasteiger partial charge in [0, 0.05) is 19.6 Å². The van der Waals surface area contributed by atoms with Gasteiger partial charge in [0.25, 0.3) is 0 Å². The van der Waals surface area contributed by atoms with Gasteiger partial charge in [-0.1, -0.05) is 19.3 Å². The van der Waals surface area contributed by atoms with Crippen molar-refractivity contribution < 1.29 is 9.53 Å². The van der Waals surface area contributed by atoms with Gasteiger partial charge in [-0.3, -0.25) is 9.69 Å². The molecule has 3 fully saturated rings. The number of aromatic nitrogens is 3. The summed E-state index contributed by atoms with van der Waals surface area (Å²) < 4.78 is 7.46. The SMILES string of the molecule is CCn1ncnc1C(NC(=O)C1(N2CCOCC2)CCCCC1)C1CC1. The van der Waals surface area contributed by atoms with E-state index in [1.807, 2.05) is 4.68 Å². The number of amides is 1. The number of hydrogen-bond acceptors (Lipinski definition) is 5. The van der Waals surface area contributed by atoms with Gasteiger partial charge in [-0.2, -0.15) is 5.10 Å². The maximum Gasteiger partial charge on any atom is 0.241 e. The Morgan fingerprint density at radius 2 is 2.04 bits per heavy atom. The Hall–Kier alpha value is -1.47. The number of carbonyl (C=O) groups excluding carboxylic acids is 1. The van der Waals surface area contributed by atoms with Crippen LogP contribution in [0.25, 0.3) is 0 Å². The molecule has 4 rings (SSSR count). The highest BCUT2D eigenvalue weighted by Crippen LogP contribution is 2.42. The van der Waals surface area contributed by atoms with Crippen molar-refractivity contribution in [1.29, 1.82) is 0 Å². The number of morpholine rings is 1. The lowest BCUT2D eigenvalue weighted by atomic mass is 9.79. The van der Waals surface area contributed by atoms with Crippen LogP contribution in [0.3, 0.4) is 0 Å². The molecule has 0 aromatic carbocycles. The van der Waals surface area contributed by atoms with Gasteiger partial charge in [0.15, 0.2) is 0 Å². The summed E-state index contributed by atoms with van der Waals surface area (Å²) in [6.07, 6.45) is 9.33. The van der Waals surface area contributed by atoms with Gasteiger partial charge in [-0.25, -0.2) is 9.67 Å². The number of hydrogen-bond donors (Lipinski definition) is 1. The number of nitrogens with zero attached hydrogens (tertiary/aromatic N) is 4. The standard InChI is InChI=1S/C19H31N5O2/c1-2-24-17(20-14-21-24)16(15-6-7-15)22-18(25)19(8-4-3-5-9-19)23-10-12-26-13-11-23/h14-16H,2-13H2,1H3,(H,22,25). The molecule has 1 saturated heterocycles. The summed E-state index contributed by atoms with van der Waals surface area (Å²) in [6, 6.07) is -0.00945. The zero-order valence-corrected chi connectivity index (χ0v) is 15.8. The Kier molecular flexibility index (Phi) is 5.27. The average Bonchev–Trinajstić information content (AvgIpc) is 3.43. The molecule has 1 aromatic heterocycles. The monoisotopic (exact) mass is 361 g/mol. The summed E-state index contributed by atoms with van der Waals surface area (Å²) in [6.45, 7) is 6.01. The predicted octanol–water partition coefficient (Wildman–Crippen LogP) is 1.90. The van der Waals surface area contributed by atoms with Crippen LogP contribution in [0.5, 0.6) is 0 Å². The lowest BCUT2D eigenvalue weighted by Gasteiger charge is -2.47. The molecular formula is C19H31N5O2. The smallest absolute Gasteiger partial charge is 0.241 e. The van der Waals surface area contributed by atoms with E-state index in [9.17, 15) is 4.79 Å². The van der Waals surface area contributed by atoms with Crippen LogP contribution in [0.1, 0.15) is 63.7 Å². The predicted molar refractivity (Wildman–Crippen MR) is 97.5 cm³/mol. The van der Waals surface area contributed by atoms with Crippen LogP contribution in [-0.2, 0) is 16.1 Å². The van der Waals surface area contributed by atoms with E-state index in [4.69, 9.17) is 4.74 Å². The molecule has 1 unspecified atom stereocenters. The van der Waals surface area contributed by atoms with Crippen LogP contribution < -0.4 is 5.32 Å². The van der Waals surface area contributed by atoms with Crippen LogP contribution >= 0.6 is 0 Å². The minimum absolute atomic E-state index is 0.00945. The van der Waals surface area contributed by atoms with E-state index in [1.165, 1.54) is 6.42 Å². The fourth-order valence-corrected chi connectivity index (χ4v) is 4.67. The molecule has 0 radical (unpaired) electrons. The summed E-state index contributed by atoms with van der Waals surface area (Å²) in [4.78, 5) is 20.5. The number of aryl methyl sites for hydroxylation is 1. The molecule has 1 atom stereocenters. The molecular weight excluding hydrogens is 330 g/mol. The first-order chi connectivity index (χ1) is 12.7. The zero-order valence-electron chi connectivity index (χ0n) is 15.8. The van der Waals surface area contributed by atoms with Crippen molar-refractivity contribution in [2.45, 2.75) is 70.0 Å². The molecule has 2 saturated carbocycles. The molecule has 7 heteroatoms. The Morgan fingerprint density at radius 3 is 2.69 bits per heavy atom. The van der Waals surface area contributed by atoms with Crippen LogP contribution in [0.4, 0.5) is 0 Å². The Balaban J connectivity index is 1.56. The zero-order chi connectivity index (χ0) is 18.0. The van der Waals surface area contributed by atoms with Crippen LogP contribution in [0.2, 0.25) is 0 Å². The third-order valence-electron chi connectivity index (χ3n) is 6.32. The first-order valence-electron chi connectivity index (χ1n) is 10.3. The van der Waals surface area contributed by atoms with Gasteiger partial charge >= 0.3 is 0 Å². The minimum atomic E-state index is -0.369. The third kappa shape index (κ3) is 3.39. The van der Waals surface area contributed by atoms with E-state index < -0.39 is 0 Å². The van der Waals surface area contributed by atoms with Crippen molar-refractivity contribution in [2.75, 3.05) is 26.3 Å². The molecule has 1 aromatic rings. The lowest BCUT2D eigenvalue weighted by Crippen LogP contribution is -2.62. The molecule has 1 aliphatic heterocycles. The molecule has 1 amide bonds. The number of ether oxygens (including phenoxy) is 1. The second-order valence-electron chi connectivity index (χ2n) is 7.91. The van der Waals surface area contributed by atoms with Crippen molar-refractivity contribution in [3.8, 4) is 0 Å². The van der Waals surface area contributed by atoms with Gasteiger partial charge in [0.1, 0.15) is 17.7 Å². The average molecular weight is 361 g/mol. The van der Waals surface area contributed by atoms with Gasteiger partial charge in [0.2, 0.25) is 5.91 Å². The minimum Gasteiger partial charge on any atom is -0.379 e. The third-order valence-corrected chi connectivity index (χ3v) is 6.32. The highest BCUT2D eigenvalue weighted by atomic mass is 16.5. The molecule has 7 nitrogen and oxygen atoms in total. The van der Waals surface area contributed by atoms with Crippen molar-refractivity contribution in [2.24, 2.45) is 5.92 Å². The van der Waals surface area contributed by atoms with Gasteiger partial charge < -0.3 is 10.1 Å². The molecule has 2 aliphatic carbocycles. The number of carbonyl (C=O) groups is 1. The molecule has 0 spiro atoms. The van der Waals surface area contributed by atoms with E-state index in [0.29, 0.717) is 5.92 Å². The summed E-state index contributed by atoms with van der Waals surface area (Å²) >= 11 is 0. The largest absolute Gasteiger partial charge is 0.379 e. The number of nitrogens with one attached hydrogen (secondary N) is 1. The van der Waals surface area contributed by atoms with Crippen molar-refractivity contribution in [3.63, 3.8) is 0 Å². The summed E-state index contributed by atoms with van der Waals surface area (Å²) in [7, 11) is 0. The van der Waals surface area contributed by atoms with Gasteiger partial charge in [-0.05, 0) is 38.5 Å². The highest BCUT2D eigenvalue weighted by molar-refractivity contribution is 5.87. The maximum atomic E-state index is 13.6. The van der Waals surface area contributed by atoms with Crippen LogP contribution in [0, 0.1) is 5.92 Å². The molecule has 1 N–H and O–H groups in total. The quantitative estimate of drug-likeness (QED) is 0.838. The van der Waals surface area contributed by atoms with E-state index in [1.54, 1.807) is 6.33 Å². The van der Waals surface area contributed by atoms with Gasteiger partial charge in [0.05, 0.1) is 19.3 Å². The first kappa shape index (κ1) is 17.9. The van der Waals surface area contributed by atoms with Crippen LogP contribution in [0.15, 0.2) is 6.33 Å². The number of rotatable bonds is 6. The van der Waals surface area contributed by atoms with Gasteiger partial charge in [-0.15, -0.1) is 0 Å². The van der Waals surface area contributed by atoms with Crippen molar-refractivity contribution in [3.05, 3.63) is 12.2 Å². The summed E-state index contributed by atoms with van der Waals surface area (Å²) in [5.74, 6) is 1.61. The Labute approximate surface area is 155 Å².